The molecular formula is C67H133NO5. The molecule has 0 saturated carbocycles. The summed E-state index contributed by atoms with van der Waals surface area (Å²) in [6, 6.07) is -0.534. The van der Waals surface area contributed by atoms with Gasteiger partial charge in [-0.1, -0.05) is 354 Å². The number of hydrogen-bond acceptors (Lipinski definition) is 5. The van der Waals surface area contributed by atoms with Crippen LogP contribution in [0.1, 0.15) is 393 Å². The van der Waals surface area contributed by atoms with Crippen molar-refractivity contribution in [3.8, 4) is 0 Å². The summed E-state index contributed by atoms with van der Waals surface area (Å²) >= 11 is 0. The molecule has 0 aromatic heterocycles. The van der Waals surface area contributed by atoms with Crippen molar-refractivity contribution in [2.24, 2.45) is 0 Å². The van der Waals surface area contributed by atoms with E-state index in [4.69, 9.17) is 4.74 Å². The van der Waals surface area contributed by atoms with Gasteiger partial charge in [-0.25, -0.2) is 0 Å². The average molecular weight is 1030 g/mol. The van der Waals surface area contributed by atoms with Crippen molar-refractivity contribution in [1.82, 2.24) is 5.32 Å². The van der Waals surface area contributed by atoms with E-state index in [0.717, 1.165) is 38.5 Å². The Morgan fingerprint density at radius 3 is 0.836 bits per heavy atom. The number of carbonyl (C=O) groups is 2. The molecule has 0 rings (SSSR count). The van der Waals surface area contributed by atoms with Gasteiger partial charge in [-0.3, -0.25) is 9.59 Å². The second-order valence-corrected chi connectivity index (χ2v) is 23.5. The van der Waals surface area contributed by atoms with Crippen molar-refractivity contribution in [2.75, 3.05) is 13.2 Å². The lowest BCUT2D eigenvalue weighted by Crippen LogP contribution is -2.45. The third-order valence-electron chi connectivity index (χ3n) is 16.2. The lowest BCUT2D eigenvalue weighted by atomic mass is 10.0. The van der Waals surface area contributed by atoms with Crippen LogP contribution in [-0.2, 0) is 14.3 Å². The molecule has 0 fully saturated rings. The number of aliphatic hydroxyl groups excluding tert-OH is 2. The number of aliphatic hydroxyl groups is 2. The molecule has 0 saturated heterocycles. The van der Waals surface area contributed by atoms with Crippen LogP contribution in [0.4, 0.5) is 0 Å². The van der Waals surface area contributed by atoms with Gasteiger partial charge in [0.05, 0.1) is 25.4 Å². The van der Waals surface area contributed by atoms with Crippen LogP contribution in [0.15, 0.2) is 0 Å². The first kappa shape index (κ1) is 71.9. The highest BCUT2D eigenvalue weighted by atomic mass is 16.5. The van der Waals surface area contributed by atoms with Gasteiger partial charge in [0.1, 0.15) is 0 Å². The Labute approximate surface area is 457 Å². The summed E-state index contributed by atoms with van der Waals surface area (Å²) < 4.78 is 5.48. The van der Waals surface area contributed by atoms with Crippen LogP contribution in [-0.4, -0.2) is 47.4 Å². The first-order valence-electron chi connectivity index (χ1n) is 33.8. The third-order valence-corrected chi connectivity index (χ3v) is 16.2. The van der Waals surface area contributed by atoms with E-state index in [0.29, 0.717) is 25.9 Å². The number of carbonyl (C=O) groups excluding carboxylic acids is 2. The fraction of sp³-hybridized carbons (Fsp3) is 0.970. The number of unbranched alkanes of at least 4 members (excludes halogenated alkanes) is 53. The van der Waals surface area contributed by atoms with Gasteiger partial charge in [0, 0.05) is 12.8 Å². The quantitative estimate of drug-likeness (QED) is 0.0417. The zero-order valence-corrected chi connectivity index (χ0v) is 49.9. The molecule has 3 N–H and O–H groups in total. The van der Waals surface area contributed by atoms with Crippen LogP contribution in [0.3, 0.4) is 0 Å². The summed E-state index contributed by atoms with van der Waals surface area (Å²) in [5.74, 6) is -0.00576. The molecule has 0 spiro atoms. The molecule has 436 valence electrons. The SMILES string of the molecule is CCCCCCCCCCCCCCC(=O)OCCCCCCCCCCCCCCCCCCCCCCCCCCCCCCCCCCCCCC(=O)NC(CO)C(O)CCCCCCCCCCC. The Balaban J connectivity index is 3.26. The van der Waals surface area contributed by atoms with E-state index < -0.39 is 12.1 Å². The predicted molar refractivity (Wildman–Crippen MR) is 320 cm³/mol. The van der Waals surface area contributed by atoms with Gasteiger partial charge >= 0.3 is 5.97 Å². The van der Waals surface area contributed by atoms with Gasteiger partial charge in [0.15, 0.2) is 0 Å². The van der Waals surface area contributed by atoms with Crippen LogP contribution >= 0.6 is 0 Å². The zero-order valence-electron chi connectivity index (χ0n) is 49.9. The van der Waals surface area contributed by atoms with E-state index in [-0.39, 0.29) is 18.5 Å². The fourth-order valence-electron chi connectivity index (χ4n) is 11.0. The van der Waals surface area contributed by atoms with E-state index in [1.54, 1.807) is 0 Å². The van der Waals surface area contributed by atoms with E-state index in [2.05, 4.69) is 19.2 Å². The van der Waals surface area contributed by atoms with Gasteiger partial charge in [-0.15, -0.1) is 0 Å². The normalized spacial score (nSPS) is 12.4. The monoisotopic (exact) mass is 1030 g/mol. The van der Waals surface area contributed by atoms with Gasteiger partial charge in [-0.05, 0) is 25.7 Å². The van der Waals surface area contributed by atoms with E-state index in [1.165, 1.54) is 321 Å². The fourth-order valence-corrected chi connectivity index (χ4v) is 11.0. The average Bonchev–Trinajstić information content (AvgIpc) is 3.39. The van der Waals surface area contributed by atoms with Crippen LogP contribution in [0, 0.1) is 0 Å². The smallest absolute Gasteiger partial charge is 0.305 e. The Morgan fingerprint density at radius 2 is 0.562 bits per heavy atom. The molecule has 0 heterocycles. The molecule has 2 unspecified atom stereocenters. The summed E-state index contributed by atoms with van der Waals surface area (Å²) in [5.41, 5.74) is 0. The van der Waals surface area contributed by atoms with Crippen molar-refractivity contribution < 1.29 is 24.5 Å². The van der Waals surface area contributed by atoms with Crippen LogP contribution in [0.2, 0.25) is 0 Å². The van der Waals surface area contributed by atoms with Crippen molar-refractivity contribution in [1.29, 1.82) is 0 Å². The van der Waals surface area contributed by atoms with E-state index in [1.807, 2.05) is 0 Å². The highest BCUT2D eigenvalue weighted by Gasteiger charge is 2.20. The van der Waals surface area contributed by atoms with Crippen LogP contribution < -0.4 is 5.32 Å². The highest BCUT2D eigenvalue weighted by Crippen LogP contribution is 2.19. The molecule has 6 nitrogen and oxygen atoms in total. The number of hydrogen-bond donors (Lipinski definition) is 3. The molecule has 0 aromatic carbocycles. The summed E-state index contributed by atoms with van der Waals surface area (Å²) in [7, 11) is 0. The third kappa shape index (κ3) is 60.0. The Morgan fingerprint density at radius 1 is 0.329 bits per heavy atom. The maximum Gasteiger partial charge on any atom is 0.305 e. The lowest BCUT2D eigenvalue weighted by molar-refractivity contribution is -0.143. The molecule has 2 atom stereocenters. The summed E-state index contributed by atoms with van der Waals surface area (Å²) in [6.45, 7) is 4.97. The minimum Gasteiger partial charge on any atom is -0.466 e. The Hall–Kier alpha value is -1.14. The maximum absolute atomic E-state index is 12.4. The number of nitrogens with one attached hydrogen (secondary N) is 1. The Kier molecular flexibility index (Phi) is 62.4. The molecule has 0 aliphatic heterocycles. The minimum absolute atomic E-state index is 0.0240. The largest absolute Gasteiger partial charge is 0.466 e. The Bertz CT molecular complexity index is 1050. The summed E-state index contributed by atoms with van der Waals surface area (Å²) in [4.78, 5) is 24.4. The van der Waals surface area contributed by atoms with Gasteiger partial charge in [-0.2, -0.15) is 0 Å². The van der Waals surface area contributed by atoms with Crippen molar-refractivity contribution in [3.05, 3.63) is 0 Å². The summed E-state index contributed by atoms with van der Waals surface area (Å²) in [6.07, 6.45) is 76.0. The van der Waals surface area contributed by atoms with E-state index >= 15 is 0 Å². The lowest BCUT2D eigenvalue weighted by Gasteiger charge is -2.22. The molecular weight excluding hydrogens is 899 g/mol. The van der Waals surface area contributed by atoms with Crippen molar-refractivity contribution >= 4 is 11.9 Å². The second-order valence-electron chi connectivity index (χ2n) is 23.5. The van der Waals surface area contributed by atoms with Crippen molar-refractivity contribution in [2.45, 2.75) is 405 Å². The number of esters is 1. The zero-order chi connectivity index (χ0) is 52.9. The molecule has 0 aliphatic carbocycles. The molecule has 0 bridgehead atoms. The molecule has 73 heavy (non-hydrogen) atoms. The predicted octanol–water partition coefficient (Wildman–Crippen LogP) is 21.4. The molecule has 0 radical (unpaired) electrons. The first-order chi connectivity index (χ1) is 36.0. The number of rotatable bonds is 64. The number of amides is 1. The first-order valence-corrected chi connectivity index (χ1v) is 33.8. The number of ether oxygens (including phenoxy) is 1. The molecule has 6 heteroatoms. The van der Waals surface area contributed by atoms with Crippen LogP contribution in [0.25, 0.3) is 0 Å². The van der Waals surface area contributed by atoms with Crippen LogP contribution in [0.5, 0.6) is 0 Å². The molecule has 0 aromatic rings. The van der Waals surface area contributed by atoms with E-state index in [9.17, 15) is 19.8 Å². The van der Waals surface area contributed by atoms with Crippen molar-refractivity contribution in [3.63, 3.8) is 0 Å². The maximum atomic E-state index is 12.4. The molecule has 0 aliphatic rings. The second kappa shape index (κ2) is 63.4. The standard InChI is InChI=1S/C67H133NO5/c1-3-5-7-9-11-13-14-41-45-49-53-57-61-67(72)73-62-58-54-50-46-42-39-37-35-33-31-29-27-25-23-21-19-17-15-16-18-20-22-24-26-28-30-32-34-36-38-40-44-48-52-56-60-66(71)68-64(63-69)65(70)59-55-51-47-43-12-10-8-6-4-2/h64-65,69-70H,3-63H2,1-2H3,(H,68,71). The van der Waals surface area contributed by atoms with Gasteiger partial charge in [0.25, 0.3) is 0 Å². The summed E-state index contributed by atoms with van der Waals surface area (Å²) in [5, 5.41) is 23.1. The van der Waals surface area contributed by atoms with Gasteiger partial charge in [0.2, 0.25) is 5.91 Å². The highest BCUT2D eigenvalue weighted by molar-refractivity contribution is 5.76. The topological polar surface area (TPSA) is 95.9 Å². The van der Waals surface area contributed by atoms with Gasteiger partial charge < -0.3 is 20.3 Å². The molecule has 1 amide bonds. The minimum atomic E-state index is -0.657.